The van der Waals surface area contributed by atoms with E-state index in [1.165, 1.54) is 0 Å². The molecule has 2 aliphatic heterocycles. The molecule has 27 heavy (non-hydrogen) atoms. The third-order valence-corrected chi connectivity index (χ3v) is 5.81. The first-order chi connectivity index (χ1) is 12.9. The molecule has 0 unspecified atom stereocenters. The van der Waals surface area contributed by atoms with Crippen LogP contribution in [0.3, 0.4) is 0 Å². The van der Waals surface area contributed by atoms with Crippen molar-refractivity contribution in [2.24, 2.45) is 0 Å². The molecular formula is C18H10Cl3NO4S. The predicted octanol–water partition coefficient (Wildman–Crippen LogP) is 5.61. The molecule has 2 heterocycles. The number of thioether (sulfide) groups is 1. The topological polar surface area (TPSA) is 55.8 Å². The van der Waals surface area contributed by atoms with Gasteiger partial charge in [0, 0.05) is 21.1 Å². The van der Waals surface area contributed by atoms with Crippen molar-refractivity contribution in [1.82, 2.24) is 4.90 Å². The first-order valence-electron chi connectivity index (χ1n) is 7.71. The van der Waals surface area contributed by atoms with E-state index in [1.54, 1.807) is 36.4 Å². The Morgan fingerprint density at radius 3 is 2.52 bits per heavy atom. The Hall–Kier alpha value is -1.86. The van der Waals surface area contributed by atoms with Crippen LogP contribution in [0.2, 0.25) is 15.1 Å². The zero-order chi connectivity index (χ0) is 19.1. The summed E-state index contributed by atoms with van der Waals surface area (Å²) in [7, 11) is 0. The van der Waals surface area contributed by atoms with Crippen molar-refractivity contribution in [1.29, 1.82) is 0 Å². The van der Waals surface area contributed by atoms with Crippen LogP contribution < -0.4 is 9.47 Å². The molecule has 0 spiro atoms. The summed E-state index contributed by atoms with van der Waals surface area (Å²) in [5, 5.41) is 0.893. The van der Waals surface area contributed by atoms with Gasteiger partial charge in [0.05, 0.1) is 11.4 Å². The number of hydrogen-bond acceptors (Lipinski definition) is 5. The van der Waals surface area contributed by atoms with Crippen LogP contribution in [0.15, 0.2) is 35.2 Å². The molecule has 2 aliphatic rings. The van der Waals surface area contributed by atoms with E-state index < -0.39 is 5.91 Å². The van der Waals surface area contributed by atoms with Gasteiger partial charge in [-0.2, -0.15) is 0 Å². The molecule has 0 atom stereocenters. The second kappa shape index (κ2) is 7.28. The zero-order valence-corrected chi connectivity index (χ0v) is 16.6. The highest BCUT2D eigenvalue weighted by Gasteiger charge is 2.35. The average molecular weight is 443 g/mol. The van der Waals surface area contributed by atoms with Crippen molar-refractivity contribution in [3.05, 3.63) is 61.4 Å². The van der Waals surface area contributed by atoms with E-state index in [1.807, 2.05) is 0 Å². The number of rotatable bonds is 3. The zero-order valence-electron chi connectivity index (χ0n) is 13.5. The fourth-order valence-corrected chi connectivity index (χ4v) is 4.15. The highest BCUT2D eigenvalue weighted by Crippen LogP contribution is 2.39. The van der Waals surface area contributed by atoms with Crippen LogP contribution in [-0.2, 0) is 11.3 Å². The van der Waals surface area contributed by atoms with Crippen molar-refractivity contribution in [2.45, 2.75) is 6.54 Å². The van der Waals surface area contributed by atoms with E-state index in [0.717, 1.165) is 16.7 Å². The number of carbonyl (C=O) groups is 2. The Labute approximate surface area is 173 Å². The van der Waals surface area contributed by atoms with Crippen LogP contribution >= 0.6 is 46.6 Å². The molecule has 2 aromatic rings. The minimum absolute atomic E-state index is 0.0336. The molecule has 0 aromatic heterocycles. The van der Waals surface area contributed by atoms with Gasteiger partial charge in [0.1, 0.15) is 0 Å². The molecule has 5 nitrogen and oxygen atoms in total. The summed E-state index contributed by atoms with van der Waals surface area (Å²) >= 11 is 19.1. The minimum atomic E-state index is -0.412. The summed E-state index contributed by atoms with van der Waals surface area (Å²) in [5.74, 6) is 0.657. The molecular weight excluding hydrogens is 433 g/mol. The smallest absolute Gasteiger partial charge is 0.293 e. The second-order valence-corrected chi connectivity index (χ2v) is 7.97. The van der Waals surface area contributed by atoms with Crippen molar-refractivity contribution in [3.63, 3.8) is 0 Å². The molecule has 2 amide bonds. The van der Waals surface area contributed by atoms with Gasteiger partial charge in [-0.3, -0.25) is 14.5 Å². The summed E-state index contributed by atoms with van der Waals surface area (Å²) in [6.07, 6.45) is 1.57. The summed E-state index contributed by atoms with van der Waals surface area (Å²) in [6.45, 7) is 0.146. The Kier molecular flexibility index (Phi) is 4.99. The fourth-order valence-electron chi connectivity index (χ4n) is 2.65. The second-order valence-electron chi connectivity index (χ2n) is 5.73. The van der Waals surface area contributed by atoms with Crippen molar-refractivity contribution in [2.75, 3.05) is 6.79 Å². The van der Waals surface area contributed by atoms with Crippen molar-refractivity contribution < 1.29 is 19.1 Å². The fraction of sp³-hybridized carbons (Fsp3) is 0.111. The summed E-state index contributed by atoms with van der Waals surface area (Å²) < 4.78 is 10.6. The van der Waals surface area contributed by atoms with E-state index in [4.69, 9.17) is 44.3 Å². The number of fused-ring (bicyclic) bond motifs is 1. The molecule has 0 saturated carbocycles. The Morgan fingerprint density at radius 2 is 1.78 bits per heavy atom. The number of carbonyl (C=O) groups excluding carboxylic acids is 2. The van der Waals surface area contributed by atoms with E-state index in [-0.39, 0.29) is 23.5 Å². The molecule has 0 bridgehead atoms. The quantitative estimate of drug-likeness (QED) is 0.578. The third kappa shape index (κ3) is 3.62. The maximum atomic E-state index is 12.7. The highest BCUT2D eigenvalue weighted by atomic mass is 35.5. The van der Waals surface area contributed by atoms with Crippen LogP contribution in [-0.4, -0.2) is 22.8 Å². The van der Waals surface area contributed by atoms with Gasteiger partial charge < -0.3 is 9.47 Å². The maximum absolute atomic E-state index is 12.7. The monoisotopic (exact) mass is 441 g/mol. The number of imide groups is 1. The molecule has 0 N–H and O–H groups in total. The molecule has 1 fully saturated rings. The van der Waals surface area contributed by atoms with Gasteiger partial charge in [0.2, 0.25) is 6.79 Å². The summed E-state index contributed by atoms with van der Waals surface area (Å²) in [6, 6.07) is 8.21. The Balaban J connectivity index is 1.59. The lowest BCUT2D eigenvalue weighted by Gasteiger charge is -2.14. The highest BCUT2D eigenvalue weighted by molar-refractivity contribution is 8.18. The van der Waals surface area contributed by atoms with Crippen LogP contribution in [0, 0.1) is 0 Å². The molecule has 2 aromatic carbocycles. The minimum Gasteiger partial charge on any atom is -0.454 e. The Bertz CT molecular complexity index is 1010. The van der Waals surface area contributed by atoms with Crippen LogP contribution in [0.5, 0.6) is 11.5 Å². The first-order valence-corrected chi connectivity index (χ1v) is 9.66. The number of benzene rings is 2. The number of ether oxygens (including phenoxy) is 2. The Morgan fingerprint density at radius 1 is 1.04 bits per heavy atom. The standard InChI is InChI=1S/C18H10Cl3NO4S/c19-11-2-1-9(12(20)5-11)4-16-17(23)22(18(24)27-16)7-10-3-14-15(6-13(10)21)26-8-25-14/h1-6H,7-8H2/b16-4-. The van der Waals surface area contributed by atoms with Gasteiger partial charge >= 0.3 is 0 Å². The lowest BCUT2D eigenvalue weighted by molar-refractivity contribution is -0.123. The van der Waals surface area contributed by atoms with Crippen LogP contribution in [0.4, 0.5) is 4.79 Å². The number of nitrogens with zero attached hydrogens (tertiary/aromatic N) is 1. The van der Waals surface area contributed by atoms with Gasteiger partial charge in [-0.05, 0) is 47.2 Å². The molecule has 0 aliphatic carbocycles. The van der Waals surface area contributed by atoms with Gasteiger partial charge in [-0.1, -0.05) is 40.9 Å². The maximum Gasteiger partial charge on any atom is 0.293 e. The van der Waals surface area contributed by atoms with Crippen LogP contribution in [0.25, 0.3) is 6.08 Å². The van der Waals surface area contributed by atoms with Crippen molar-refractivity contribution in [3.8, 4) is 11.5 Å². The number of hydrogen-bond donors (Lipinski definition) is 0. The average Bonchev–Trinajstić information content (AvgIpc) is 3.16. The molecule has 9 heteroatoms. The summed E-state index contributed by atoms with van der Waals surface area (Å²) in [4.78, 5) is 26.5. The summed E-state index contributed by atoms with van der Waals surface area (Å²) in [5.41, 5.74) is 1.20. The largest absolute Gasteiger partial charge is 0.454 e. The predicted molar refractivity (Wildman–Crippen MR) is 106 cm³/mol. The van der Waals surface area contributed by atoms with Gasteiger partial charge in [0.15, 0.2) is 11.5 Å². The lowest BCUT2D eigenvalue weighted by atomic mass is 10.1. The molecule has 0 radical (unpaired) electrons. The van der Waals surface area contributed by atoms with Gasteiger partial charge in [0.25, 0.3) is 11.1 Å². The SMILES string of the molecule is O=C1S/C(=C\c2ccc(Cl)cc2Cl)C(=O)N1Cc1cc2c(cc1Cl)OCO2. The molecule has 138 valence electrons. The van der Waals surface area contributed by atoms with E-state index in [9.17, 15) is 9.59 Å². The molecule has 1 saturated heterocycles. The van der Waals surface area contributed by atoms with E-state index in [2.05, 4.69) is 0 Å². The number of halogens is 3. The van der Waals surface area contributed by atoms with Gasteiger partial charge in [-0.25, -0.2) is 0 Å². The lowest BCUT2D eigenvalue weighted by Crippen LogP contribution is -2.27. The van der Waals surface area contributed by atoms with E-state index in [0.29, 0.717) is 37.7 Å². The van der Waals surface area contributed by atoms with Gasteiger partial charge in [-0.15, -0.1) is 0 Å². The molecule has 4 rings (SSSR count). The van der Waals surface area contributed by atoms with Crippen LogP contribution in [0.1, 0.15) is 11.1 Å². The van der Waals surface area contributed by atoms with Crippen molar-refractivity contribution >= 4 is 63.8 Å². The number of amides is 2. The van der Waals surface area contributed by atoms with E-state index >= 15 is 0 Å². The first kappa shape index (κ1) is 18.5. The normalized spacial score (nSPS) is 17.3. The third-order valence-electron chi connectivity index (χ3n) is 3.99.